The van der Waals surface area contributed by atoms with Crippen LogP contribution in [-0.2, 0) is 20.0 Å². The first kappa shape index (κ1) is 27.2. The monoisotopic (exact) mass is 608 g/mol. The van der Waals surface area contributed by atoms with E-state index in [0.29, 0.717) is 40.8 Å². The van der Waals surface area contributed by atoms with E-state index in [-0.39, 0.29) is 33.3 Å². The summed E-state index contributed by atoms with van der Waals surface area (Å²) in [4.78, 5) is 9.28. The van der Waals surface area contributed by atoms with Gasteiger partial charge >= 0.3 is 0 Å². The highest BCUT2D eigenvalue weighted by molar-refractivity contribution is 7.90. The van der Waals surface area contributed by atoms with Crippen molar-refractivity contribution in [2.75, 3.05) is 24.1 Å². The van der Waals surface area contributed by atoms with Gasteiger partial charge in [-0.2, -0.15) is 4.31 Å². The number of nitrogen functional groups attached to an aromatic ring is 1. The summed E-state index contributed by atoms with van der Waals surface area (Å²) < 4.78 is 55.9. The van der Waals surface area contributed by atoms with Crippen molar-refractivity contribution in [1.29, 1.82) is 0 Å². The first-order valence-electron chi connectivity index (χ1n) is 12.7. The summed E-state index contributed by atoms with van der Waals surface area (Å²) in [5.74, 6) is 0.254. The second-order valence-electron chi connectivity index (χ2n) is 9.63. The minimum atomic E-state index is -3.89. The standard InChI is InChI=1S/C28H25ClN6O4S2/c29-25-16-31-28(32-20-14-15-34(17-20)40(36,37)22-12-10-19(30)11-13-22)33-27(25)24-18-35(26-9-5-4-8-23(24)26)41(38,39)21-6-2-1-3-7-21/h1-13,16,18,20H,14-15,17,30H2,(H,31,32,33)/t20-/m1/s1. The number of nitrogens with zero attached hydrogens (tertiary/aromatic N) is 4. The molecule has 1 aliphatic heterocycles. The minimum Gasteiger partial charge on any atom is -0.399 e. The van der Waals surface area contributed by atoms with Crippen LogP contribution in [0.25, 0.3) is 22.2 Å². The lowest BCUT2D eigenvalue weighted by molar-refractivity contribution is 0.474. The Hall–Kier alpha value is -3.97. The fourth-order valence-electron chi connectivity index (χ4n) is 4.90. The molecule has 3 N–H and O–H groups in total. The van der Waals surface area contributed by atoms with Gasteiger partial charge in [0.25, 0.3) is 10.0 Å². The van der Waals surface area contributed by atoms with E-state index in [1.165, 1.54) is 32.8 Å². The minimum absolute atomic E-state index is 0.156. The lowest BCUT2D eigenvalue weighted by atomic mass is 10.1. The number of nitrogens with one attached hydrogen (secondary N) is 1. The molecule has 1 fully saturated rings. The molecule has 13 heteroatoms. The fraction of sp³-hybridized carbons (Fsp3) is 0.143. The summed E-state index contributed by atoms with van der Waals surface area (Å²) in [5, 5.41) is 4.12. The Balaban J connectivity index is 1.30. The van der Waals surface area contributed by atoms with Gasteiger partial charge in [0.05, 0.1) is 32.2 Å². The van der Waals surface area contributed by atoms with Crippen molar-refractivity contribution in [2.45, 2.75) is 22.3 Å². The summed E-state index contributed by atoms with van der Waals surface area (Å²) in [6.45, 7) is 0.554. The van der Waals surface area contributed by atoms with Crippen molar-refractivity contribution in [3.8, 4) is 11.3 Å². The van der Waals surface area contributed by atoms with E-state index < -0.39 is 20.0 Å². The molecule has 0 spiro atoms. The van der Waals surface area contributed by atoms with Crippen LogP contribution in [0.1, 0.15) is 6.42 Å². The number of benzene rings is 3. The highest BCUT2D eigenvalue weighted by Gasteiger charge is 2.33. The van der Waals surface area contributed by atoms with Gasteiger partial charge in [-0.1, -0.05) is 48.0 Å². The maximum atomic E-state index is 13.5. The number of anilines is 2. The molecule has 10 nitrogen and oxygen atoms in total. The van der Waals surface area contributed by atoms with Gasteiger partial charge in [0.2, 0.25) is 16.0 Å². The van der Waals surface area contributed by atoms with E-state index in [0.717, 1.165) is 0 Å². The third-order valence-electron chi connectivity index (χ3n) is 6.98. The highest BCUT2D eigenvalue weighted by atomic mass is 35.5. The molecule has 0 radical (unpaired) electrons. The van der Waals surface area contributed by atoms with Crippen LogP contribution in [0, 0.1) is 0 Å². The average molecular weight is 609 g/mol. The van der Waals surface area contributed by atoms with Gasteiger partial charge in [-0.3, -0.25) is 0 Å². The predicted octanol–water partition coefficient (Wildman–Crippen LogP) is 4.45. The van der Waals surface area contributed by atoms with E-state index >= 15 is 0 Å². The van der Waals surface area contributed by atoms with E-state index in [4.69, 9.17) is 17.3 Å². The second kappa shape index (κ2) is 10.5. The molecule has 0 unspecified atom stereocenters. The molecule has 210 valence electrons. The Morgan fingerprint density at radius 3 is 2.32 bits per heavy atom. The molecule has 2 aromatic heterocycles. The van der Waals surface area contributed by atoms with Crippen LogP contribution in [0.4, 0.5) is 11.6 Å². The van der Waals surface area contributed by atoms with Gasteiger partial charge in [-0.05, 0) is 48.9 Å². The molecule has 5 aromatic rings. The number of halogens is 1. The van der Waals surface area contributed by atoms with Crippen molar-refractivity contribution in [3.05, 3.63) is 96.3 Å². The Labute approximate surface area is 242 Å². The molecule has 0 aliphatic carbocycles. The molecule has 41 heavy (non-hydrogen) atoms. The molecule has 1 atom stereocenters. The zero-order chi connectivity index (χ0) is 28.8. The molecular formula is C28H25ClN6O4S2. The largest absolute Gasteiger partial charge is 0.399 e. The van der Waals surface area contributed by atoms with Crippen LogP contribution in [0.15, 0.2) is 101 Å². The maximum absolute atomic E-state index is 13.5. The number of rotatable bonds is 7. The van der Waals surface area contributed by atoms with E-state index in [1.807, 2.05) is 12.1 Å². The zero-order valence-corrected chi connectivity index (χ0v) is 23.9. The Bertz CT molecular complexity index is 1960. The topological polar surface area (TPSA) is 140 Å². The van der Waals surface area contributed by atoms with Gasteiger partial charge in [0.1, 0.15) is 0 Å². The molecule has 0 bridgehead atoms. The highest BCUT2D eigenvalue weighted by Crippen LogP contribution is 2.36. The normalized spacial score (nSPS) is 16.3. The fourth-order valence-corrected chi connectivity index (χ4v) is 7.99. The Morgan fingerprint density at radius 2 is 1.56 bits per heavy atom. The van der Waals surface area contributed by atoms with Crippen molar-refractivity contribution >= 4 is 54.2 Å². The summed E-state index contributed by atoms with van der Waals surface area (Å²) in [6.07, 6.45) is 3.51. The molecule has 1 saturated heterocycles. The molecular weight excluding hydrogens is 584 g/mol. The summed E-state index contributed by atoms with van der Waals surface area (Å²) in [6, 6.07) is 21.2. The maximum Gasteiger partial charge on any atom is 0.268 e. The van der Waals surface area contributed by atoms with Crippen molar-refractivity contribution in [3.63, 3.8) is 0 Å². The Kier molecular flexibility index (Phi) is 6.94. The second-order valence-corrected chi connectivity index (χ2v) is 13.8. The molecule has 3 aromatic carbocycles. The zero-order valence-electron chi connectivity index (χ0n) is 21.6. The quantitative estimate of drug-likeness (QED) is 0.258. The van der Waals surface area contributed by atoms with Crippen molar-refractivity contribution in [2.24, 2.45) is 0 Å². The van der Waals surface area contributed by atoms with Gasteiger partial charge in [0.15, 0.2) is 0 Å². The van der Waals surface area contributed by atoms with E-state index in [1.54, 1.807) is 54.6 Å². The number of sulfonamides is 1. The molecule has 3 heterocycles. The lowest BCUT2D eigenvalue weighted by Gasteiger charge is -2.17. The lowest BCUT2D eigenvalue weighted by Crippen LogP contribution is -2.32. The number of hydrogen-bond donors (Lipinski definition) is 2. The van der Waals surface area contributed by atoms with Crippen LogP contribution in [-0.4, -0.2) is 54.2 Å². The van der Waals surface area contributed by atoms with E-state index in [2.05, 4.69) is 15.3 Å². The first-order valence-corrected chi connectivity index (χ1v) is 16.0. The number of fused-ring (bicyclic) bond motifs is 1. The van der Waals surface area contributed by atoms with Gasteiger partial charge in [-0.15, -0.1) is 0 Å². The van der Waals surface area contributed by atoms with Crippen molar-refractivity contribution in [1.82, 2.24) is 18.2 Å². The Morgan fingerprint density at radius 1 is 0.878 bits per heavy atom. The number of nitrogens with two attached hydrogens (primary N) is 1. The average Bonchev–Trinajstić information content (AvgIpc) is 3.61. The van der Waals surface area contributed by atoms with E-state index in [9.17, 15) is 16.8 Å². The smallest absolute Gasteiger partial charge is 0.268 e. The third-order valence-corrected chi connectivity index (χ3v) is 10.8. The summed E-state index contributed by atoms with van der Waals surface area (Å²) in [5.41, 5.74) is 7.55. The SMILES string of the molecule is Nc1ccc(S(=O)(=O)N2CC[C@@H](Nc3ncc(Cl)c(-c4cn(S(=O)(=O)c5ccccc5)c5ccccc45)n3)C2)cc1. The van der Waals surface area contributed by atoms with Crippen LogP contribution in [0.5, 0.6) is 0 Å². The molecule has 0 amide bonds. The molecule has 6 rings (SSSR count). The summed E-state index contributed by atoms with van der Waals surface area (Å²) in [7, 11) is -7.58. The van der Waals surface area contributed by atoms with Crippen LogP contribution in [0.2, 0.25) is 5.02 Å². The molecule has 1 aliphatic rings. The third kappa shape index (κ3) is 5.04. The summed E-state index contributed by atoms with van der Waals surface area (Å²) >= 11 is 6.54. The number of hydrogen-bond acceptors (Lipinski definition) is 8. The van der Waals surface area contributed by atoms with Gasteiger partial charge in [-0.25, -0.2) is 30.8 Å². The van der Waals surface area contributed by atoms with Crippen LogP contribution >= 0.6 is 11.6 Å². The van der Waals surface area contributed by atoms with Crippen LogP contribution < -0.4 is 11.1 Å². The molecule has 0 saturated carbocycles. The number of para-hydroxylation sites is 1. The van der Waals surface area contributed by atoms with Crippen molar-refractivity contribution < 1.29 is 16.8 Å². The van der Waals surface area contributed by atoms with Gasteiger partial charge < -0.3 is 11.1 Å². The predicted molar refractivity (Wildman–Crippen MR) is 159 cm³/mol. The van der Waals surface area contributed by atoms with Crippen LogP contribution in [0.3, 0.4) is 0 Å². The first-order chi connectivity index (χ1) is 19.6. The van der Waals surface area contributed by atoms with Gasteiger partial charge in [0, 0.05) is 42.0 Å². The number of aromatic nitrogens is 3.